The molecule has 1 N–H and O–H groups in total. The highest BCUT2D eigenvalue weighted by Gasteiger charge is 2.47. The van der Waals surface area contributed by atoms with E-state index >= 15 is 0 Å². The molecule has 0 radical (unpaired) electrons. The van der Waals surface area contributed by atoms with Gasteiger partial charge in [-0.15, -0.1) is 0 Å². The summed E-state index contributed by atoms with van der Waals surface area (Å²) in [5, 5.41) is 3.38. The number of hydrogen-bond donors (Lipinski definition) is 1. The minimum atomic E-state index is -0.0320. The summed E-state index contributed by atoms with van der Waals surface area (Å²) in [5.41, 5.74) is -0.0320. The van der Waals surface area contributed by atoms with E-state index in [-0.39, 0.29) is 5.41 Å². The number of amides is 1. The van der Waals surface area contributed by atoms with Crippen LogP contribution in [-0.2, 0) is 4.79 Å². The zero-order chi connectivity index (χ0) is 11.9. The van der Waals surface area contributed by atoms with Crippen LogP contribution in [0.1, 0.15) is 45.4 Å². The van der Waals surface area contributed by atoms with Gasteiger partial charge in [0.1, 0.15) is 0 Å². The maximum Gasteiger partial charge on any atom is 0.229 e. The highest BCUT2D eigenvalue weighted by atomic mass is 16.2. The van der Waals surface area contributed by atoms with Crippen molar-refractivity contribution >= 4 is 5.91 Å². The minimum absolute atomic E-state index is 0.0320. The first-order valence-electron chi connectivity index (χ1n) is 7.27. The molecule has 2 bridgehead atoms. The third-order valence-electron chi connectivity index (χ3n) is 5.36. The van der Waals surface area contributed by atoms with Crippen LogP contribution in [0.5, 0.6) is 0 Å². The number of rotatable bonds is 2. The number of carbonyl (C=O) groups excluding carboxylic acids is 1. The van der Waals surface area contributed by atoms with Crippen LogP contribution in [-0.4, -0.2) is 36.5 Å². The minimum Gasteiger partial charge on any atom is -0.339 e. The molecule has 3 aliphatic rings. The fourth-order valence-electron chi connectivity index (χ4n) is 4.10. The SMILES string of the molecule is CCC1(C(=O)N2CC3CCC2C3)CCNCC1. The van der Waals surface area contributed by atoms with E-state index in [1.807, 2.05) is 0 Å². The Balaban J connectivity index is 1.75. The number of likely N-dealkylation sites (tertiary alicyclic amines) is 1. The van der Waals surface area contributed by atoms with Crippen LogP contribution < -0.4 is 5.32 Å². The van der Waals surface area contributed by atoms with E-state index in [2.05, 4.69) is 17.1 Å². The lowest BCUT2D eigenvalue weighted by Gasteiger charge is -2.41. The number of carbonyl (C=O) groups is 1. The largest absolute Gasteiger partial charge is 0.339 e. The zero-order valence-corrected chi connectivity index (χ0v) is 10.9. The fraction of sp³-hybridized carbons (Fsp3) is 0.929. The molecule has 2 heterocycles. The molecule has 2 aliphatic heterocycles. The van der Waals surface area contributed by atoms with Crippen molar-refractivity contribution in [1.82, 2.24) is 10.2 Å². The van der Waals surface area contributed by atoms with E-state index < -0.39 is 0 Å². The van der Waals surface area contributed by atoms with Gasteiger partial charge in [-0.25, -0.2) is 0 Å². The fourth-order valence-corrected chi connectivity index (χ4v) is 4.10. The molecule has 0 aromatic heterocycles. The van der Waals surface area contributed by atoms with E-state index in [0.717, 1.165) is 44.8 Å². The molecule has 17 heavy (non-hydrogen) atoms. The number of piperidine rings is 2. The smallest absolute Gasteiger partial charge is 0.229 e. The van der Waals surface area contributed by atoms with Gasteiger partial charge >= 0.3 is 0 Å². The lowest BCUT2D eigenvalue weighted by molar-refractivity contribution is -0.146. The highest BCUT2D eigenvalue weighted by Crippen LogP contribution is 2.42. The van der Waals surface area contributed by atoms with Gasteiger partial charge in [0.15, 0.2) is 0 Å². The second-order valence-electron chi connectivity index (χ2n) is 6.17. The molecule has 0 aromatic rings. The molecule has 2 saturated heterocycles. The maximum absolute atomic E-state index is 12.8. The Hall–Kier alpha value is -0.570. The molecule has 0 spiro atoms. The topological polar surface area (TPSA) is 32.3 Å². The molecular formula is C14H24N2O. The molecule has 96 valence electrons. The normalized spacial score (nSPS) is 35.2. The first kappa shape index (κ1) is 11.5. The average Bonchev–Trinajstić information content (AvgIpc) is 3.01. The second-order valence-corrected chi connectivity index (χ2v) is 6.17. The van der Waals surface area contributed by atoms with E-state index in [1.165, 1.54) is 19.3 Å². The quantitative estimate of drug-likeness (QED) is 0.792. The molecule has 2 unspecified atom stereocenters. The predicted octanol–water partition coefficient (Wildman–Crippen LogP) is 1.78. The van der Waals surface area contributed by atoms with Crippen molar-refractivity contribution in [3.63, 3.8) is 0 Å². The number of nitrogens with zero attached hydrogens (tertiary/aromatic N) is 1. The summed E-state index contributed by atoms with van der Waals surface area (Å²) >= 11 is 0. The van der Waals surface area contributed by atoms with Gasteiger partial charge in [-0.3, -0.25) is 4.79 Å². The summed E-state index contributed by atoms with van der Waals surface area (Å²) in [6.07, 6.45) is 6.99. The lowest BCUT2D eigenvalue weighted by atomic mass is 9.75. The third-order valence-corrected chi connectivity index (χ3v) is 5.36. The molecule has 1 saturated carbocycles. The molecular weight excluding hydrogens is 212 g/mol. The summed E-state index contributed by atoms with van der Waals surface area (Å²) in [4.78, 5) is 15.1. The van der Waals surface area contributed by atoms with Crippen molar-refractivity contribution in [2.45, 2.75) is 51.5 Å². The van der Waals surface area contributed by atoms with Gasteiger partial charge in [-0.2, -0.15) is 0 Å². The zero-order valence-electron chi connectivity index (χ0n) is 10.9. The van der Waals surface area contributed by atoms with Crippen molar-refractivity contribution in [2.24, 2.45) is 11.3 Å². The van der Waals surface area contributed by atoms with Crippen LogP contribution in [0.25, 0.3) is 0 Å². The highest BCUT2D eigenvalue weighted by molar-refractivity contribution is 5.83. The van der Waals surface area contributed by atoms with Crippen LogP contribution in [0.4, 0.5) is 0 Å². The van der Waals surface area contributed by atoms with Crippen molar-refractivity contribution in [1.29, 1.82) is 0 Å². The van der Waals surface area contributed by atoms with Crippen LogP contribution in [0.3, 0.4) is 0 Å². The number of nitrogens with one attached hydrogen (secondary N) is 1. The summed E-state index contributed by atoms with van der Waals surface area (Å²) < 4.78 is 0. The maximum atomic E-state index is 12.8. The first-order chi connectivity index (χ1) is 8.25. The molecule has 3 heteroatoms. The molecule has 2 atom stereocenters. The van der Waals surface area contributed by atoms with Gasteiger partial charge in [-0.1, -0.05) is 6.92 Å². The predicted molar refractivity (Wildman–Crippen MR) is 67.7 cm³/mol. The van der Waals surface area contributed by atoms with Crippen molar-refractivity contribution in [2.75, 3.05) is 19.6 Å². The standard InChI is InChI=1S/C14H24N2O/c1-2-14(5-7-15-8-6-14)13(17)16-10-11-3-4-12(16)9-11/h11-12,15H,2-10H2,1H3. The van der Waals surface area contributed by atoms with Crippen LogP contribution in [0.15, 0.2) is 0 Å². The Morgan fingerprint density at radius 2 is 2.12 bits per heavy atom. The van der Waals surface area contributed by atoms with Gasteiger partial charge in [0, 0.05) is 12.6 Å². The van der Waals surface area contributed by atoms with E-state index in [9.17, 15) is 4.79 Å². The van der Waals surface area contributed by atoms with Crippen molar-refractivity contribution in [3.8, 4) is 0 Å². The average molecular weight is 236 g/mol. The molecule has 3 rings (SSSR count). The van der Waals surface area contributed by atoms with Gasteiger partial charge in [-0.05, 0) is 57.5 Å². The third kappa shape index (κ3) is 1.79. The Morgan fingerprint density at radius 3 is 2.65 bits per heavy atom. The monoisotopic (exact) mass is 236 g/mol. The molecule has 1 aliphatic carbocycles. The van der Waals surface area contributed by atoms with Gasteiger partial charge < -0.3 is 10.2 Å². The Labute approximate surface area is 104 Å². The summed E-state index contributed by atoms with van der Waals surface area (Å²) in [7, 11) is 0. The van der Waals surface area contributed by atoms with Gasteiger partial charge in [0.25, 0.3) is 0 Å². The first-order valence-corrected chi connectivity index (χ1v) is 7.27. The number of hydrogen-bond acceptors (Lipinski definition) is 2. The summed E-state index contributed by atoms with van der Waals surface area (Å²) in [6.45, 7) is 5.28. The molecule has 3 fully saturated rings. The van der Waals surface area contributed by atoms with Crippen molar-refractivity contribution < 1.29 is 4.79 Å². The van der Waals surface area contributed by atoms with Crippen molar-refractivity contribution in [3.05, 3.63) is 0 Å². The molecule has 3 nitrogen and oxygen atoms in total. The van der Waals surface area contributed by atoms with E-state index in [4.69, 9.17) is 0 Å². The van der Waals surface area contributed by atoms with E-state index in [1.54, 1.807) is 0 Å². The molecule has 0 aromatic carbocycles. The second kappa shape index (κ2) is 4.27. The summed E-state index contributed by atoms with van der Waals surface area (Å²) in [6, 6.07) is 0.589. The Bertz CT molecular complexity index is 309. The van der Waals surface area contributed by atoms with Gasteiger partial charge in [0.2, 0.25) is 5.91 Å². The lowest BCUT2D eigenvalue weighted by Crippen LogP contribution is -2.51. The molecule has 1 amide bonds. The Morgan fingerprint density at radius 1 is 1.35 bits per heavy atom. The summed E-state index contributed by atoms with van der Waals surface area (Å²) in [5.74, 6) is 1.30. The van der Waals surface area contributed by atoms with E-state index in [0.29, 0.717) is 11.9 Å². The number of fused-ring (bicyclic) bond motifs is 2. The van der Waals surface area contributed by atoms with Crippen LogP contribution in [0.2, 0.25) is 0 Å². The Kier molecular flexibility index (Phi) is 2.89. The van der Waals surface area contributed by atoms with Gasteiger partial charge in [0.05, 0.1) is 5.41 Å². The van der Waals surface area contributed by atoms with Crippen LogP contribution in [0, 0.1) is 11.3 Å². The van der Waals surface area contributed by atoms with Crippen LogP contribution >= 0.6 is 0 Å².